The molecule has 2 heterocycles. The Morgan fingerprint density at radius 2 is 2.22 bits per heavy atom. The third-order valence-electron chi connectivity index (χ3n) is 4.08. The minimum atomic E-state index is -0.614. The van der Waals surface area contributed by atoms with Crippen LogP contribution >= 0.6 is 11.3 Å². The first-order valence-electron chi connectivity index (χ1n) is 7.28. The molecular formula is C16H16FN3O2S. The smallest absolute Gasteiger partial charge is 0.231 e. The van der Waals surface area contributed by atoms with Crippen LogP contribution in [0.5, 0.6) is 0 Å². The third-order valence-corrected chi connectivity index (χ3v) is 4.77. The fraction of sp³-hybridized carbons (Fsp3) is 0.312. The number of nitrogens with one attached hydrogen (secondary N) is 1. The first-order valence-corrected chi connectivity index (χ1v) is 8.16. The molecule has 120 valence electrons. The number of carbonyl (C=O) groups excluding carboxylic acids is 2. The van der Waals surface area contributed by atoms with E-state index in [1.54, 1.807) is 36.8 Å². The van der Waals surface area contributed by atoms with Crippen molar-refractivity contribution >= 4 is 28.3 Å². The molecule has 2 amide bonds. The van der Waals surface area contributed by atoms with Crippen molar-refractivity contribution in [2.24, 2.45) is 5.92 Å². The standard InChI is InChI=1S/C16H16FN3O2S/c1-20-13(21)7-6-11(15(22)19-16-18-8-9-23-16)14(20)10-4-2-3-5-12(10)17/h2-5,8-9,11,14H,6-7H2,1H3,(H,18,19,22)/t11-,14+/m0/s1. The Labute approximate surface area is 137 Å². The molecule has 7 heteroatoms. The van der Waals surface area contributed by atoms with E-state index in [0.717, 1.165) is 0 Å². The number of carbonyl (C=O) groups is 2. The Balaban J connectivity index is 1.91. The summed E-state index contributed by atoms with van der Waals surface area (Å²) in [6.07, 6.45) is 2.27. The Hall–Kier alpha value is -2.28. The normalized spacial score (nSPS) is 21.3. The minimum absolute atomic E-state index is 0.0865. The lowest BCUT2D eigenvalue weighted by Gasteiger charge is -2.38. The number of likely N-dealkylation sites (tertiary alicyclic amines) is 1. The predicted octanol–water partition coefficient (Wildman–Crippen LogP) is 2.83. The van der Waals surface area contributed by atoms with Crippen LogP contribution in [-0.4, -0.2) is 28.7 Å². The van der Waals surface area contributed by atoms with Gasteiger partial charge < -0.3 is 10.2 Å². The molecule has 1 aromatic carbocycles. The molecule has 1 saturated heterocycles. The summed E-state index contributed by atoms with van der Waals surface area (Å²) in [6, 6.07) is 5.66. The Morgan fingerprint density at radius 3 is 2.91 bits per heavy atom. The van der Waals surface area contributed by atoms with E-state index in [1.807, 2.05) is 0 Å². The second-order valence-corrected chi connectivity index (χ2v) is 6.34. The summed E-state index contributed by atoms with van der Waals surface area (Å²) in [5, 5.41) is 5.02. The van der Waals surface area contributed by atoms with Gasteiger partial charge in [0.2, 0.25) is 11.8 Å². The van der Waals surface area contributed by atoms with Crippen LogP contribution in [0.4, 0.5) is 9.52 Å². The molecule has 0 bridgehead atoms. The molecule has 0 radical (unpaired) electrons. The van der Waals surface area contributed by atoms with Crippen molar-refractivity contribution in [3.05, 3.63) is 47.2 Å². The van der Waals surface area contributed by atoms with Crippen molar-refractivity contribution < 1.29 is 14.0 Å². The van der Waals surface area contributed by atoms with Crippen LogP contribution in [0, 0.1) is 11.7 Å². The van der Waals surface area contributed by atoms with E-state index in [4.69, 9.17) is 0 Å². The van der Waals surface area contributed by atoms with Gasteiger partial charge in [-0.2, -0.15) is 0 Å². The number of rotatable bonds is 3. The number of halogens is 1. The largest absolute Gasteiger partial charge is 0.338 e. The van der Waals surface area contributed by atoms with Crippen LogP contribution in [-0.2, 0) is 9.59 Å². The van der Waals surface area contributed by atoms with Crippen LogP contribution < -0.4 is 5.32 Å². The number of benzene rings is 1. The van der Waals surface area contributed by atoms with E-state index in [-0.39, 0.29) is 18.2 Å². The van der Waals surface area contributed by atoms with Gasteiger partial charge in [0.05, 0.1) is 12.0 Å². The maximum atomic E-state index is 14.2. The SMILES string of the molecule is CN1C(=O)CC[C@H](C(=O)Nc2nccs2)[C@H]1c1ccccc1F. The van der Waals surface area contributed by atoms with Gasteiger partial charge in [-0.1, -0.05) is 18.2 Å². The number of piperidine rings is 1. The number of thiazole rings is 1. The average molecular weight is 333 g/mol. The molecule has 1 aromatic heterocycles. The summed E-state index contributed by atoms with van der Waals surface area (Å²) in [5.41, 5.74) is 0.363. The minimum Gasteiger partial charge on any atom is -0.338 e. The zero-order valence-electron chi connectivity index (χ0n) is 12.5. The number of anilines is 1. The molecule has 23 heavy (non-hydrogen) atoms. The molecule has 1 fully saturated rings. The van der Waals surface area contributed by atoms with Crippen molar-refractivity contribution in [3.8, 4) is 0 Å². The Bertz CT molecular complexity index is 720. The van der Waals surface area contributed by atoms with Gasteiger partial charge in [0.15, 0.2) is 5.13 Å². The summed E-state index contributed by atoms with van der Waals surface area (Å²) in [4.78, 5) is 30.1. The van der Waals surface area contributed by atoms with Crippen molar-refractivity contribution in [1.29, 1.82) is 0 Å². The maximum absolute atomic E-state index is 14.2. The highest BCUT2D eigenvalue weighted by Crippen LogP contribution is 2.37. The number of hydrogen-bond donors (Lipinski definition) is 1. The molecule has 5 nitrogen and oxygen atoms in total. The average Bonchev–Trinajstić information content (AvgIpc) is 3.03. The molecular weight excluding hydrogens is 317 g/mol. The number of aromatic nitrogens is 1. The van der Waals surface area contributed by atoms with Gasteiger partial charge in [-0.25, -0.2) is 9.37 Å². The van der Waals surface area contributed by atoms with Gasteiger partial charge in [0.25, 0.3) is 0 Å². The molecule has 1 aliphatic rings. The molecule has 1 N–H and O–H groups in total. The van der Waals surface area contributed by atoms with Gasteiger partial charge in [0.1, 0.15) is 5.82 Å². The van der Waals surface area contributed by atoms with E-state index < -0.39 is 17.8 Å². The van der Waals surface area contributed by atoms with E-state index in [2.05, 4.69) is 10.3 Å². The van der Waals surface area contributed by atoms with Gasteiger partial charge in [-0.05, 0) is 12.5 Å². The van der Waals surface area contributed by atoms with Gasteiger partial charge in [-0.3, -0.25) is 9.59 Å². The summed E-state index contributed by atoms with van der Waals surface area (Å²) in [7, 11) is 1.61. The van der Waals surface area contributed by atoms with E-state index in [1.165, 1.54) is 22.3 Å². The molecule has 1 aliphatic heterocycles. The number of hydrogen-bond acceptors (Lipinski definition) is 4. The van der Waals surface area contributed by atoms with Crippen LogP contribution in [0.1, 0.15) is 24.4 Å². The summed E-state index contributed by atoms with van der Waals surface area (Å²) in [6.45, 7) is 0. The second kappa shape index (κ2) is 6.45. The Kier molecular flexibility index (Phi) is 4.38. The fourth-order valence-corrected chi connectivity index (χ4v) is 3.47. The molecule has 0 spiro atoms. The zero-order chi connectivity index (χ0) is 16.4. The molecule has 0 unspecified atom stereocenters. The molecule has 3 rings (SSSR count). The van der Waals surface area contributed by atoms with Crippen molar-refractivity contribution in [2.45, 2.75) is 18.9 Å². The summed E-state index contributed by atoms with van der Waals surface area (Å²) in [5.74, 6) is -1.26. The molecule has 2 aromatic rings. The zero-order valence-corrected chi connectivity index (χ0v) is 13.3. The van der Waals surface area contributed by atoms with Crippen molar-refractivity contribution in [3.63, 3.8) is 0 Å². The van der Waals surface area contributed by atoms with E-state index >= 15 is 0 Å². The first-order chi connectivity index (χ1) is 11.1. The lowest BCUT2D eigenvalue weighted by molar-refractivity contribution is -0.140. The second-order valence-electron chi connectivity index (χ2n) is 5.44. The number of amides is 2. The monoisotopic (exact) mass is 333 g/mol. The third kappa shape index (κ3) is 3.10. The number of nitrogens with zero attached hydrogens (tertiary/aromatic N) is 2. The van der Waals surface area contributed by atoms with E-state index in [0.29, 0.717) is 17.1 Å². The summed E-state index contributed by atoms with van der Waals surface area (Å²) >= 11 is 1.32. The molecule has 2 atom stereocenters. The molecule has 0 aliphatic carbocycles. The Morgan fingerprint density at radius 1 is 1.43 bits per heavy atom. The topological polar surface area (TPSA) is 62.3 Å². The van der Waals surface area contributed by atoms with Crippen LogP contribution in [0.25, 0.3) is 0 Å². The van der Waals surface area contributed by atoms with Gasteiger partial charge in [-0.15, -0.1) is 11.3 Å². The van der Waals surface area contributed by atoms with Gasteiger partial charge in [0, 0.05) is 30.6 Å². The fourth-order valence-electron chi connectivity index (χ4n) is 2.94. The first kappa shape index (κ1) is 15.6. The van der Waals surface area contributed by atoms with Crippen molar-refractivity contribution in [1.82, 2.24) is 9.88 Å². The van der Waals surface area contributed by atoms with Crippen LogP contribution in [0.3, 0.4) is 0 Å². The lowest BCUT2D eigenvalue weighted by Crippen LogP contribution is -2.44. The highest BCUT2D eigenvalue weighted by Gasteiger charge is 2.40. The van der Waals surface area contributed by atoms with Crippen LogP contribution in [0.2, 0.25) is 0 Å². The van der Waals surface area contributed by atoms with Gasteiger partial charge >= 0.3 is 0 Å². The lowest BCUT2D eigenvalue weighted by atomic mass is 9.84. The van der Waals surface area contributed by atoms with E-state index in [9.17, 15) is 14.0 Å². The maximum Gasteiger partial charge on any atom is 0.231 e. The highest BCUT2D eigenvalue weighted by atomic mass is 32.1. The molecule has 0 saturated carbocycles. The summed E-state index contributed by atoms with van der Waals surface area (Å²) < 4.78 is 14.2. The quantitative estimate of drug-likeness (QED) is 0.939. The highest BCUT2D eigenvalue weighted by molar-refractivity contribution is 7.13. The van der Waals surface area contributed by atoms with Crippen LogP contribution in [0.15, 0.2) is 35.8 Å². The predicted molar refractivity (Wildman–Crippen MR) is 85.4 cm³/mol. The van der Waals surface area contributed by atoms with Crippen molar-refractivity contribution in [2.75, 3.05) is 12.4 Å².